The van der Waals surface area contributed by atoms with E-state index in [1.807, 2.05) is 90.3 Å². The molecule has 0 amide bonds. The topological polar surface area (TPSA) is 142 Å². The van der Waals surface area contributed by atoms with Gasteiger partial charge in [-0.1, -0.05) is 61.2 Å². The van der Waals surface area contributed by atoms with Crippen molar-refractivity contribution in [3.05, 3.63) is 114 Å². The summed E-state index contributed by atoms with van der Waals surface area (Å²) in [5.74, 6) is 2.42. The molecule has 0 saturated carbocycles. The van der Waals surface area contributed by atoms with Crippen molar-refractivity contribution in [1.82, 2.24) is 29.1 Å². The molecule has 0 N–H and O–H groups in total. The van der Waals surface area contributed by atoms with Gasteiger partial charge in [0.25, 0.3) is 8.53 Å². The van der Waals surface area contributed by atoms with Gasteiger partial charge in [-0.2, -0.15) is 5.26 Å². The molecule has 0 radical (unpaired) electrons. The van der Waals surface area contributed by atoms with E-state index >= 15 is 0 Å². The number of benzene rings is 3. The Kier molecular flexibility index (Phi) is 15.0. The van der Waals surface area contributed by atoms with Gasteiger partial charge >= 0.3 is 0 Å². The van der Waals surface area contributed by atoms with E-state index in [0.717, 1.165) is 28.2 Å². The third kappa shape index (κ3) is 9.68. The van der Waals surface area contributed by atoms with Crippen LogP contribution in [0, 0.1) is 11.3 Å². The first-order valence-corrected chi connectivity index (χ1v) is 21.1. The second-order valence-corrected chi connectivity index (χ2v) is 16.4. The van der Waals surface area contributed by atoms with Crippen LogP contribution < -0.4 is 9.47 Å². The van der Waals surface area contributed by atoms with Gasteiger partial charge in [-0.15, -0.1) is 0 Å². The molecule has 4 unspecified atom stereocenters. The fourth-order valence-electron chi connectivity index (χ4n) is 7.42. The largest absolute Gasteiger partial charge is 0.497 e. The van der Waals surface area contributed by atoms with E-state index in [-0.39, 0.29) is 31.7 Å². The van der Waals surface area contributed by atoms with Crippen LogP contribution in [0.3, 0.4) is 0 Å². The van der Waals surface area contributed by atoms with Crippen molar-refractivity contribution >= 4 is 37.9 Å². The van der Waals surface area contributed by atoms with E-state index in [0.29, 0.717) is 29.2 Å². The SMILES string of the molecule is C=Cc1nc2c(N=CN(C)C)ncnc2n1C1CC(OP(OCCC#N)N(C(C)C)C(C)C)C(COC(c2ccccc2)(c2ccc(OC)cc2)c2ccc(OC)cc2)O1. The number of hydrogen-bond acceptors (Lipinski definition) is 12. The highest BCUT2D eigenvalue weighted by Crippen LogP contribution is 2.51. The zero-order valence-corrected chi connectivity index (χ0v) is 36.5. The highest BCUT2D eigenvalue weighted by atomic mass is 31.2. The first kappa shape index (κ1) is 44.3. The molecule has 6 rings (SSSR count). The summed E-state index contributed by atoms with van der Waals surface area (Å²) in [5.41, 5.74) is 2.64. The van der Waals surface area contributed by atoms with E-state index in [2.05, 4.69) is 72.1 Å². The highest BCUT2D eigenvalue weighted by molar-refractivity contribution is 7.44. The van der Waals surface area contributed by atoms with E-state index < -0.39 is 32.6 Å². The van der Waals surface area contributed by atoms with Gasteiger partial charge in [0, 0.05) is 32.6 Å². The third-order valence-corrected chi connectivity index (χ3v) is 12.2. The fourth-order valence-corrected chi connectivity index (χ4v) is 9.18. The van der Waals surface area contributed by atoms with Gasteiger partial charge in [-0.3, -0.25) is 4.57 Å². The summed E-state index contributed by atoms with van der Waals surface area (Å²) >= 11 is 0. The molecule has 3 aromatic carbocycles. The minimum atomic E-state index is -1.65. The van der Waals surface area contributed by atoms with Crippen LogP contribution in [0.4, 0.5) is 5.82 Å². The Hall–Kier alpha value is -5.26. The van der Waals surface area contributed by atoms with Gasteiger partial charge in [0.1, 0.15) is 41.6 Å². The molecule has 5 aromatic rings. The molecule has 1 aliphatic rings. The van der Waals surface area contributed by atoms with Crippen molar-refractivity contribution in [3.63, 3.8) is 0 Å². The Morgan fingerprint density at radius 3 is 2.12 bits per heavy atom. The van der Waals surface area contributed by atoms with Crippen LogP contribution in [0.2, 0.25) is 0 Å². The zero-order valence-electron chi connectivity index (χ0n) is 35.6. The molecular weight excluding hydrogens is 780 g/mol. The lowest BCUT2D eigenvalue weighted by Crippen LogP contribution is -2.39. The molecule has 15 heteroatoms. The zero-order chi connectivity index (χ0) is 42.8. The van der Waals surface area contributed by atoms with Crippen LogP contribution in [-0.4, -0.2) is 101 Å². The first-order chi connectivity index (χ1) is 29.0. The van der Waals surface area contributed by atoms with Crippen LogP contribution >= 0.6 is 8.53 Å². The van der Waals surface area contributed by atoms with Crippen molar-refractivity contribution in [1.29, 1.82) is 5.26 Å². The van der Waals surface area contributed by atoms with Gasteiger partial charge in [0.15, 0.2) is 17.0 Å². The van der Waals surface area contributed by atoms with Crippen molar-refractivity contribution in [3.8, 4) is 17.6 Å². The smallest absolute Gasteiger partial charge is 0.259 e. The highest BCUT2D eigenvalue weighted by Gasteiger charge is 2.45. The Morgan fingerprint density at radius 1 is 0.950 bits per heavy atom. The molecule has 0 bridgehead atoms. The summed E-state index contributed by atoms with van der Waals surface area (Å²) in [6.45, 7) is 12.9. The number of hydrogen-bond donors (Lipinski definition) is 0. The minimum absolute atomic E-state index is 0.0877. The van der Waals surface area contributed by atoms with Crippen molar-refractivity contribution < 1.29 is 28.0 Å². The number of rotatable bonds is 20. The molecule has 14 nitrogen and oxygen atoms in total. The van der Waals surface area contributed by atoms with E-state index in [1.165, 1.54) is 6.33 Å². The summed E-state index contributed by atoms with van der Waals surface area (Å²) in [5, 5.41) is 9.44. The van der Waals surface area contributed by atoms with E-state index in [1.54, 1.807) is 26.6 Å². The number of imidazole rings is 1. The Labute approximate surface area is 354 Å². The maximum absolute atomic E-state index is 9.44. The average molecular weight is 835 g/mol. The summed E-state index contributed by atoms with van der Waals surface area (Å²) in [7, 11) is 5.43. The second kappa shape index (κ2) is 20.3. The average Bonchev–Trinajstić information content (AvgIpc) is 3.84. The predicted octanol–water partition coefficient (Wildman–Crippen LogP) is 8.67. The minimum Gasteiger partial charge on any atom is -0.497 e. The molecule has 4 atom stereocenters. The van der Waals surface area contributed by atoms with Crippen LogP contribution in [-0.2, 0) is 24.1 Å². The molecule has 1 aliphatic heterocycles. The standard InChI is InChI=1S/C45H55N8O6P/c1-10-40-50-42-43(49-30-51(6)7)47-29-48-44(42)52(40)41-27-38(59-60(57-26-14-25-46)53(31(2)3)32(4)5)39(58-41)28-56-45(33-15-12-11-13-16-33,34-17-21-36(54-8)22-18-34)35-19-23-37(55-9)24-20-35/h10-13,15-24,29-32,38-39,41H,1,14,26-28H2,2-9H3. The predicted molar refractivity (Wildman–Crippen MR) is 234 cm³/mol. The van der Waals surface area contributed by atoms with Crippen LogP contribution in [0.15, 0.2) is 96.8 Å². The normalized spacial score (nSPS) is 17.5. The number of aliphatic imine (C=N–C) groups is 1. The number of ether oxygens (including phenoxy) is 4. The van der Waals surface area contributed by atoms with Crippen LogP contribution in [0.1, 0.15) is 69.3 Å². The first-order valence-electron chi connectivity index (χ1n) is 20.0. The monoisotopic (exact) mass is 834 g/mol. The number of aromatic nitrogens is 4. The van der Waals surface area contributed by atoms with Crippen LogP contribution in [0.25, 0.3) is 17.2 Å². The number of nitriles is 1. The fraction of sp³-hybridized carbons (Fsp3) is 0.400. The number of nitrogens with zero attached hydrogens (tertiary/aromatic N) is 8. The molecule has 60 heavy (non-hydrogen) atoms. The lowest BCUT2D eigenvalue weighted by atomic mass is 9.80. The summed E-state index contributed by atoms with van der Waals surface area (Å²) < 4.78 is 43.3. The molecule has 3 heterocycles. The second-order valence-electron chi connectivity index (χ2n) is 15.0. The van der Waals surface area contributed by atoms with Crippen molar-refractivity contribution in [2.75, 3.05) is 41.5 Å². The Morgan fingerprint density at radius 2 is 1.57 bits per heavy atom. The van der Waals surface area contributed by atoms with Gasteiger partial charge in [-0.05, 0) is 74.7 Å². The van der Waals surface area contributed by atoms with Crippen molar-refractivity contribution in [2.45, 2.75) is 76.7 Å². The number of methoxy groups -OCH3 is 2. The summed E-state index contributed by atoms with van der Waals surface area (Å²) in [4.78, 5) is 20.4. The summed E-state index contributed by atoms with van der Waals surface area (Å²) in [6.07, 6.45) is 3.69. The molecule has 1 fully saturated rings. The van der Waals surface area contributed by atoms with Gasteiger partial charge < -0.3 is 32.9 Å². The number of fused-ring (bicyclic) bond motifs is 1. The maximum Gasteiger partial charge on any atom is 0.259 e. The van der Waals surface area contributed by atoms with E-state index in [4.69, 9.17) is 33.0 Å². The molecular formula is C45H55N8O6P. The van der Waals surface area contributed by atoms with E-state index in [9.17, 15) is 5.26 Å². The third-order valence-electron chi connectivity index (χ3n) is 10.1. The summed E-state index contributed by atoms with van der Waals surface area (Å²) in [6, 6.07) is 28.4. The molecule has 0 spiro atoms. The van der Waals surface area contributed by atoms with Gasteiger partial charge in [0.2, 0.25) is 0 Å². The van der Waals surface area contributed by atoms with Gasteiger partial charge in [0.05, 0.1) is 52.4 Å². The van der Waals surface area contributed by atoms with Crippen LogP contribution in [0.5, 0.6) is 11.5 Å². The molecule has 2 aromatic heterocycles. The Balaban J connectivity index is 1.47. The Bertz CT molecular complexity index is 2170. The lowest BCUT2D eigenvalue weighted by Gasteiger charge is -2.39. The van der Waals surface area contributed by atoms with Gasteiger partial charge in [-0.25, -0.2) is 24.6 Å². The molecule has 1 saturated heterocycles. The lowest BCUT2D eigenvalue weighted by molar-refractivity contribution is -0.0913. The van der Waals surface area contributed by atoms with Crippen molar-refractivity contribution in [2.24, 2.45) is 4.99 Å². The maximum atomic E-state index is 9.44. The quantitative estimate of drug-likeness (QED) is 0.0244. The molecule has 0 aliphatic carbocycles. The molecule has 316 valence electrons.